The van der Waals surface area contributed by atoms with Crippen LogP contribution >= 0.6 is 11.3 Å². The molecule has 2 heterocycles. The molecule has 0 saturated carbocycles. The first-order valence-electron chi connectivity index (χ1n) is 10.9. The molecule has 0 radical (unpaired) electrons. The van der Waals surface area contributed by atoms with Crippen molar-refractivity contribution in [3.8, 4) is 0 Å². The Balaban J connectivity index is 1.53. The number of carbonyl (C=O) groups excluding carboxylic acids is 2. The zero-order chi connectivity index (χ0) is 24.5. The average Bonchev–Trinajstić information content (AvgIpc) is 3.13. The van der Waals surface area contributed by atoms with Crippen molar-refractivity contribution in [2.24, 2.45) is 0 Å². The number of anilines is 2. The molecular weight excluding hydrogens is 448 g/mol. The number of hydrogen-bond donors (Lipinski definition) is 2. The fourth-order valence-corrected chi connectivity index (χ4v) is 4.64. The summed E-state index contributed by atoms with van der Waals surface area (Å²) in [6, 6.07) is 16.8. The van der Waals surface area contributed by atoms with E-state index >= 15 is 0 Å². The van der Waals surface area contributed by atoms with E-state index in [1.807, 2.05) is 42.5 Å². The predicted octanol–water partition coefficient (Wildman–Crippen LogP) is 4.95. The lowest BCUT2D eigenvalue weighted by Gasteiger charge is -2.19. The van der Waals surface area contributed by atoms with E-state index in [2.05, 4.69) is 36.4 Å². The number of aromatic nitrogens is 2. The van der Waals surface area contributed by atoms with Crippen molar-refractivity contribution in [2.75, 3.05) is 10.6 Å². The van der Waals surface area contributed by atoms with E-state index in [1.165, 1.54) is 10.9 Å². The number of rotatable bonds is 5. The third-order valence-corrected chi connectivity index (χ3v) is 6.70. The van der Waals surface area contributed by atoms with Gasteiger partial charge in [-0.05, 0) is 47.7 Å². The summed E-state index contributed by atoms with van der Waals surface area (Å²) in [6.07, 6.45) is 1.35. The maximum atomic E-state index is 13.1. The molecule has 8 heteroatoms. The molecule has 2 aromatic heterocycles. The van der Waals surface area contributed by atoms with Gasteiger partial charge in [-0.2, -0.15) is 0 Å². The molecule has 2 aromatic carbocycles. The molecular formula is C26H26N4O3S. The minimum atomic E-state index is -0.351. The van der Waals surface area contributed by atoms with Crippen molar-refractivity contribution in [2.45, 2.75) is 39.7 Å². The van der Waals surface area contributed by atoms with Gasteiger partial charge in [0, 0.05) is 11.4 Å². The normalized spacial score (nSPS) is 11.4. The van der Waals surface area contributed by atoms with E-state index < -0.39 is 0 Å². The first-order chi connectivity index (χ1) is 16.1. The molecule has 4 rings (SSSR count). The van der Waals surface area contributed by atoms with E-state index in [0.717, 1.165) is 16.9 Å². The lowest BCUT2D eigenvalue weighted by Crippen LogP contribution is -2.28. The molecule has 34 heavy (non-hydrogen) atoms. The molecule has 0 bridgehead atoms. The Bertz CT molecular complexity index is 1410. The van der Waals surface area contributed by atoms with Gasteiger partial charge in [0.2, 0.25) is 5.91 Å². The largest absolute Gasteiger partial charge is 0.325 e. The summed E-state index contributed by atoms with van der Waals surface area (Å²) in [5, 5.41) is 6.01. The second-order valence-corrected chi connectivity index (χ2v) is 10.1. The van der Waals surface area contributed by atoms with Crippen LogP contribution in [0.4, 0.5) is 11.4 Å². The fourth-order valence-electron chi connectivity index (χ4n) is 3.61. The van der Waals surface area contributed by atoms with Gasteiger partial charge < -0.3 is 10.6 Å². The third kappa shape index (κ3) is 4.92. The van der Waals surface area contributed by atoms with Crippen LogP contribution in [0, 0.1) is 6.92 Å². The monoisotopic (exact) mass is 474 g/mol. The van der Waals surface area contributed by atoms with Gasteiger partial charge in [0.1, 0.15) is 11.4 Å². The molecule has 2 N–H and O–H groups in total. The molecule has 0 atom stereocenters. The number of nitrogens with one attached hydrogen (secondary N) is 2. The number of fused-ring (bicyclic) bond motifs is 1. The molecule has 7 nitrogen and oxygen atoms in total. The van der Waals surface area contributed by atoms with Crippen molar-refractivity contribution < 1.29 is 9.59 Å². The van der Waals surface area contributed by atoms with Gasteiger partial charge in [0.15, 0.2) is 0 Å². The van der Waals surface area contributed by atoms with Crippen LogP contribution < -0.4 is 16.2 Å². The highest BCUT2D eigenvalue weighted by atomic mass is 32.1. The van der Waals surface area contributed by atoms with Gasteiger partial charge in [-0.15, -0.1) is 11.3 Å². The molecule has 0 aliphatic rings. The molecule has 2 amide bonds. The lowest BCUT2D eigenvalue weighted by molar-refractivity contribution is -0.116. The zero-order valence-corrected chi connectivity index (χ0v) is 20.3. The summed E-state index contributed by atoms with van der Waals surface area (Å²) in [4.78, 5) is 43.7. The minimum absolute atomic E-state index is 0.0200. The number of benzene rings is 2. The minimum Gasteiger partial charge on any atom is -0.325 e. The molecule has 0 aliphatic heterocycles. The maximum Gasteiger partial charge on any atom is 0.266 e. The highest BCUT2D eigenvalue weighted by Crippen LogP contribution is 2.28. The topological polar surface area (TPSA) is 93.1 Å². The van der Waals surface area contributed by atoms with E-state index in [4.69, 9.17) is 0 Å². The van der Waals surface area contributed by atoms with Gasteiger partial charge in [-0.3, -0.25) is 19.0 Å². The highest BCUT2D eigenvalue weighted by Gasteiger charge is 2.20. The number of hydrogen-bond acceptors (Lipinski definition) is 5. The van der Waals surface area contributed by atoms with E-state index in [9.17, 15) is 14.4 Å². The van der Waals surface area contributed by atoms with Crippen molar-refractivity contribution in [3.05, 3.63) is 87.3 Å². The number of aryl methyl sites for hydroxylation is 1. The van der Waals surface area contributed by atoms with E-state index in [1.54, 1.807) is 19.1 Å². The molecule has 0 fully saturated rings. The van der Waals surface area contributed by atoms with Gasteiger partial charge >= 0.3 is 0 Å². The number of amides is 2. The zero-order valence-electron chi connectivity index (χ0n) is 19.5. The Kier molecular flexibility index (Phi) is 6.34. The van der Waals surface area contributed by atoms with Crippen LogP contribution in [0.3, 0.4) is 0 Å². The Labute approximate surface area is 201 Å². The first kappa shape index (κ1) is 23.4. The van der Waals surface area contributed by atoms with Gasteiger partial charge in [0.05, 0.1) is 16.6 Å². The van der Waals surface area contributed by atoms with Crippen molar-refractivity contribution >= 4 is 44.7 Å². The summed E-state index contributed by atoms with van der Waals surface area (Å²) >= 11 is 1.16. The standard InChI is InChI=1S/C26H26N4O3S/c1-16-21-24(34-22(16)23(32)29-18-8-6-5-7-9-18)27-15-30(25(21)33)14-20(31)28-19-12-10-17(11-13-19)26(2,3)4/h5-13,15H,14H2,1-4H3,(H,28,31)(H,29,32). The summed E-state index contributed by atoms with van der Waals surface area (Å²) in [7, 11) is 0. The van der Waals surface area contributed by atoms with Gasteiger partial charge in [0.25, 0.3) is 11.5 Å². The van der Waals surface area contributed by atoms with E-state index in [0.29, 0.717) is 32.0 Å². The predicted molar refractivity (Wildman–Crippen MR) is 137 cm³/mol. The molecule has 0 unspecified atom stereocenters. The molecule has 0 aliphatic carbocycles. The fraction of sp³-hybridized carbons (Fsp3) is 0.231. The SMILES string of the molecule is Cc1c(C(=O)Nc2ccccc2)sc2ncn(CC(=O)Nc3ccc(C(C)(C)C)cc3)c(=O)c12. The number of para-hydroxylation sites is 1. The summed E-state index contributed by atoms with van der Waals surface area (Å²) in [5.74, 6) is -0.629. The Morgan fingerprint density at radius 2 is 1.62 bits per heavy atom. The average molecular weight is 475 g/mol. The molecule has 0 saturated heterocycles. The van der Waals surface area contributed by atoms with Gasteiger partial charge in [-0.25, -0.2) is 4.98 Å². The third-order valence-electron chi connectivity index (χ3n) is 5.50. The second kappa shape index (κ2) is 9.23. The van der Waals surface area contributed by atoms with Crippen molar-refractivity contribution in [3.63, 3.8) is 0 Å². The Morgan fingerprint density at radius 1 is 0.971 bits per heavy atom. The van der Waals surface area contributed by atoms with Crippen molar-refractivity contribution in [1.82, 2.24) is 9.55 Å². The molecule has 4 aromatic rings. The van der Waals surface area contributed by atoms with Crippen LogP contribution in [0.5, 0.6) is 0 Å². The highest BCUT2D eigenvalue weighted by molar-refractivity contribution is 7.20. The summed E-state index contributed by atoms with van der Waals surface area (Å²) in [6.45, 7) is 7.92. The van der Waals surface area contributed by atoms with Crippen LogP contribution in [0.2, 0.25) is 0 Å². The van der Waals surface area contributed by atoms with Crippen molar-refractivity contribution in [1.29, 1.82) is 0 Å². The van der Waals surface area contributed by atoms with Gasteiger partial charge in [-0.1, -0.05) is 51.1 Å². The number of nitrogens with zero attached hydrogens (tertiary/aromatic N) is 2. The molecule has 174 valence electrons. The van der Waals surface area contributed by atoms with Crippen LogP contribution in [-0.4, -0.2) is 21.4 Å². The van der Waals surface area contributed by atoms with Crippen LogP contribution in [-0.2, 0) is 16.8 Å². The Hall–Kier alpha value is -3.78. The van der Waals surface area contributed by atoms with Crippen LogP contribution in [0.25, 0.3) is 10.2 Å². The van der Waals surface area contributed by atoms with E-state index in [-0.39, 0.29) is 29.3 Å². The maximum absolute atomic E-state index is 13.1. The quantitative estimate of drug-likeness (QED) is 0.428. The number of carbonyl (C=O) groups is 2. The molecule has 0 spiro atoms. The first-order valence-corrected chi connectivity index (χ1v) is 11.7. The van der Waals surface area contributed by atoms with Crippen LogP contribution in [0.1, 0.15) is 41.6 Å². The lowest BCUT2D eigenvalue weighted by atomic mass is 9.87. The Morgan fingerprint density at radius 3 is 2.26 bits per heavy atom. The second-order valence-electron chi connectivity index (χ2n) is 9.11. The summed E-state index contributed by atoms with van der Waals surface area (Å²) in [5.41, 5.74) is 2.71. The summed E-state index contributed by atoms with van der Waals surface area (Å²) < 4.78 is 1.26. The number of thiophene rings is 1. The van der Waals surface area contributed by atoms with Crippen LogP contribution in [0.15, 0.2) is 65.7 Å². The smallest absolute Gasteiger partial charge is 0.266 e.